The molecule has 0 saturated heterocycles. The minimum absolute atomic E-state index is 0.502. The van der Waals surface area contributed by atoms with Crippen LogP contribution in [0.1, 0.15) is 0 Å². The molecule has 0 aromatic carbocycles. The number of hydrogen-bond donors (Lipinski definition) is 1. The van der Waals surface area contributed by atoms with Gasteiger partial charge in [-0.1, -0.05) is 8.01 Å². The lowest BCUT2D eigenvalue weighted by molar-refractivity contribution is 0.545. The van der Waals surface area contributed by atoms with E-state index in [4.69, 9.17) is 0 Å². The molecule has 0 aliphatic heterocycles. The molecule has 0 heterocycles. The summed E-state index contributed by atoms with van der Waals surface area (Å²) >= 11 is 0. The molecule has 0 aliphatic rings. The van der Waals surface area contributed by atoms with Crippen LogP contribution in [0.3, 0.4) is 0 Å². The van der Waals surface area contributed by atoms with E-state index in [1.54, 1.807) is 0 Å². The second-order valence-electron chi connectivity index (χ2n) is 0.959. The van der Waals surface area contributed by atoms with E-state index in [9.17, 15) is 20.7 Å². The van der Waals surface area contributed by atoms with Crippen LogP contribution in [0.25, 0.3) is 0 Å². The van der Waals surface area contributed by atoms with Crippen LogP contribution in [0.5, 0.6) is 0 Å². The molecule has 0 saturated carbocycles. The first-order chi connectivity index (χ1) is 3.71. The Labute approximate surface area is 55.7 Å². The molecule has 0 aromatic heterocycles. The van der Waals surface area contributed by atoms with Gasteiger partial charge in [0.1, 0.15) is 0 Å². The van der Waals surface area contributed by atoms with Crippen LogP contribution < -0.4 is 4.13 Å². The molecule has 0 bridgehead atoms. The van der Waals surface area contributed by atoms with Crippen molar-refractivity contribution in [1.29, 1.82) is 0 Å². The molecule has 5 nitrogen and oxygen atoms in total. The molecule has 0 aromatic rings. The average molecular weight is 198 g/mol. The third kappa shape index (κ3) is 8.08. The van der Waals surface area contributed by atoms with Gasteiger partial charge >= 0.3 is 19.6 Å². The fraction of sp³-hybridized carbons (Fsp3) is 0. The van der Waals surface area contributed by atoms with Crippen LogP contribution in [-0.2, 0) is 19.6 Å². The zero-order valence-corrected chi connectivity index (χ0v) is 6.09. The van der Waals surface area contributed by atoms with E-state index in [0.29, 0.717) is 4.13 Å². The third-order valence-corrected chi connectivity index (χ3v) is 2.36. The molecule has 0 aliphatic carbocycles. The summed E-state index contributed by atoms with van der Waals surface area (Å²) in [6.45, 7) is 0. The summed E-state index contributed by atoms with van der Waals surface area (Å²) in [5.41, 5.74) is 0. The van der Waals surface area contributed by atoms with E-state index in [1.165, 1.54) is 0 Å². The van der Waals surface area contributed by atoms with Gasteiger partial charge in [-0.25, -0.2) is 0 Å². The average Bonchev–Trinajstić information content (AvgIpc) is 1.14. The number of halogens is 2. The van der Waals surface area contributed by atoms with Crippen LogP contribution >= 0.6 is 10.7 Å². The molecule has 0 radical (unpaired) electrons. The predicted octanol–water partition coefficient (Wildman–Crippen LogP) is -0.726. The van der Waals surface area contributed by atoms with Crippen LogP contribution in [0.4, 0.5) is 3.89 Å². The summed E-state index contributed by atoms with van der Waals surface area (Å²) in [4.78, 5) is 0. The molecule has 0 rings (SSSR count). The van der Waals surface area contributed by atoms with E-state index < -0.39 is 19.6 Å². The Bertz CT molecular complexity index is 244. The summed E-state index contributed by atoms with van der Waals surface area (Å²) in [7, 11) is -5.51. The van der Waals surface area contributed by atoms with Crippen LogP contribution in [0.15, 0.2) is 0 Å². The van der Waals surface area contributed by atoms with Crippen molar-refractivity contribution >= 4 is 30.3 Å². The minimum atomic E-state index is -5.25. The van der Waals surface area contributed by atoms with E-state index in [1.807, 2.05) is 0 Å². The highest BCUT2D eigenvalue weighted by atomic mass is 35.7. The van der Waals surface area contributed by atoms with Crippen molar-refractivity contribution in [2.75, 3.05) is 0 Å². The fourth-order valence-corrected chi connectivity index (χ4v) is 1.75. The maximum Gasteiger partial charge on any atom is 0.386 e. The second kappa shape index (κ2) is 2.37. The monoisotopic (exact) mass is 197 g/mol. The first-order valence-corrected chi connectivity index (χ1v) is 5.08. The smallest absolute Gasteiger partial charge is 0.194 e. The molecule has 0 unspecified atom stereocenters. The zero-order valence-electron chi connectivity index (χ0n) is 3.71. The molecule has 1 N–H and O–H groups in total. The maximum atomic E-state index is 11.3. The van der Waals surface area contributed by atoms with Crippen molar-refractivity contribution in [2.45, 2.75) is 0 Å². The van der Waals surface area contributed by atoms with Crippen molar-refractivity contribution in [3.05, 3.63) is 0 Å². The molecule has 0 fully saturated rings. The Kier molecular flexibility index (Phi) is 2.39. The Hall–Kier alpha value is 0.0800. The van der Waals surface area contributed by atoms with Gasteiger partial charge in [0.2, 0.25) is 0 Å². The van der Waals surface area contributed by atoms with Gasteiger partial charge in [-0.2, -0.15) is 16.8 Å². The Morgan fingerprint density at radius 1 is 1.22 bits per heavy atom. The zero-order chi connectivity index (χ0) is 7.71. The fourth-order valence-electron chi connectivity index (χ4n) is 0.119. The topological polar surface area (TPSA) is 80.3 Å². The molecule has 0 amide bonds. The molecule has 56 valence electrons. The molecule has 9 heavy (non-hydrogen) atoms. The van der Waals surface area contributed by atoms with Crippen molar-refractivity contribution in [3.63, 3.8) is 0 Å². The Morgan fingerprint density at radius 3 is 1.56 bits per heavy atom. The van der Waals surface area contributed by atoms with E-state index in [2.05, 4.69) is 10.7 Å². The molecule has 9 heteroatoms. The van der Waals surface area contributed by atoms with E-state index in [0.717, 1.165) is 0 Å². The summed E-state index contributed by atoms with van der Waals surface area (Å²) < 4.78 is 50.0. The molecule has 0 atom stereocenters. The van der Waals surface area contributed by atoms with Crippen LogP contribution in [-0.4, -0.2) is 16.8 Å². The first-order valence-electron chi connectivity index (χ1n) is 1.38. The van der Waals surface area contributed by atoms with Gasteiger partial charge in [-0.3, -0.25) is 0 Å². The maximum absolute atomic E-state index is 11.3. The SMILES string of the molecule is O=S(=O)(F)NS(=O)(=O)Cl. The first kappa shape index (κ1) is 9.08. The predicted molar refractivity (Wildman–Crippen MR) is 27.9 cm³/mol. The highest BCUT2D eigenvalue weighted by molar-refractivity contribution is 8.18. The van der Waals surface area contributed by atoms with Crippen molar-refractivity contribution in [1.82, 2.24) is 4.13 Å². The van der Waals surface area contributed by atoms with Crippen LogP contribution in [0, 0.1) is 0 Å². The highest BCUT2D eigenvalue weighted by Gasteiger charge is 2.15. The normalized spacial score (nSPS) is 13.6. The summed E-state index contributed by atoms with van der Waals surface area (Å²) in [5, 5.41) is 0. The molecule has 0 spiro atoms. The van der Waals surface area contributed by atoms with Gasteiger partial charge in [0.25, 0.3) is 0 Å². The van der Waals surface area contributed by atoms with E-state index >= 15 is 0 Å². The van der Waals surface area contributed by atoms with Crippen molar-refractivity contribution < 1.29 is 20.7 Å². The van der Waals surface area contributed by atoms with Gasteiger partial charge < -0.3 is 0 Å². The number of hydrogen-bond acceptors (Lipinski definition) is 4. The Morgan fingerprint density at radius 2 is 1.56 bits per heavy atom. The number of rotatable bonds is 2. The van der Waals surface area contributed by atoms with Gasteiger partial charge in [0.15, 0.2) is 0 Å². The van der Waals surface area contributed by atoms with Gasteiger partial charge in [-0.05, 0) is 0 Å². The summed E-state index contributed by atoms with van der Waals surface area (Å²) in [6, 6.07) is 0. The van der Waals surface area contributed by atoms with E-state index in [-0.39, 0.29) is 0 Å². The largest absolute Gasteiger partial charge is 0.386 e. The quantitative estimate of drug-likeness (QED) is 0.592. The van der Waals surface area contributed by atoms with Crippen molar-refractivity contribution in [3.8, 4) is 0 Å². The minimum Gasteiger partial charge on any atom is -0.194 e. The third-order valence-electron chi connectivity index (χ3n) is 0.199. The summed E-state index contributed by atoms with van der Waals surface area (Å²) in [6.07, 6.45) is 0. The molecular formula is HClFNO4S2. The molecular weight excluding hydrogens is 197 g/mol. The van der Waals surface area contributed by atoms with Gasteiger partial charge in [-0.15, -0.1) is 0 Å². The lowest BCUT2D eigenvalue weighted by atomic mass is 13.9. The lowest BCUT2D eigenvalue weighted by Gasteiger charge is -1.88. The lowest BCUT2D eigenvalue weighted by Crippen LogP contribution is -2.22. The highest BCUT2D eigenvalue weighted by Crippen LogP contribution is 1.94. The van der Waals surface area contributed by atoms with Crippen molar-refractivity contribution in [2.24, 2.45) is 0 Å². The van der Waals surface area contributed by atoms with Gasteiger partial charge in [0.05, 0.1) is 0 Å². The van der Waals surface area contributed by atoms with Crippen LogP contribution in [0.2, 0.25) is 0 Å². The summed E-state index contributed by atoms with van der Waals surface area (Å²) in [5.74, 6) is 0. The Balaban J connectivity index is 4.46. The number of nitrogens with one attached hydrogen (secondary N) is 1. The second-order valence-corrected chi connectivity index (χ2v) is 4.60. The van der Waals surface area contributed by atoms with Gasteiger partial charge in [0, 0.05) is 10.7 Å². The standard InChI is InChI=1S/ClFHNO4S2/c1-8(4,5)3-9(2,6)7/h3H.